The van der Waals surface area contributed by atoms with Gasteiger partial charge in [-0.2, -0.15) is 0 Å². The minimum Gasteiger partial charge on any atom is -0.482 e. The van der Waals surface area contributed by atoms with Crippen molar-refractivity contribution < 1.29 is 19.4 Å². The summed E-state index contributed by atoms with van der Waals surface area (Å²) >= 11 is 0. The summed E-state index contributed by atoms with van der Waals surface area (Å²) in [6, 6.07) is 5.71. The van der Waals surface area contributed by atoms with E-state index in [9.17, 15) is 9.59 Å². The van der Waals surface area contributed by atoms with Crippen molar-refractivity contribution >= 4 is 17.6 Å². The lowest BCUT2D eigenvalue weighted by Crippen LogP contribution is -2.40. The number of hydrogen-bond donors (Lipinski definition) is 1. The van der Waals surface area contributed by atoms with Crippen LogP contribution in [0.4, 0.5) is 5.69 Å². The molecule has 1 N–H and O–H groups in total. The molecular formula is C14H17NO4. The monoisotopic (exact) mass is 263 g/mol. The molecule has 0 bridgehead atoms. The molecule has 5 heteroatoms. The third-order valence-electron chi connectivity index (χ3n) is 3.14. The van der Waals surface area contributed by atoms with Gasteiger partial charge in [0.15, 0.2) is 6.61 Å². The van der Waals surface area contributed by atoms with E-state index in [1.54, 1.807) is 0 Å². The third-order valence-corrected chi connectivity index (χ3v) is 3.14. The lowest BCUT2D eigenvalue weighted by Gasteiger charge is -2.29. The number of nitrogens with zero attached hydrogens (tertiary/aromatic N) is 1. The molecule has 1 aromatic carbocycles. The maximum absolute atomic E-state index is 11.9. The van der Waals surface area contributed by atoms with Crippen LogP contribution in [0.1, 0.15) is 31.7 Å². The van der Waals surface area contributed by atoms with Gasteiger partial charge in [0.1, 0.15) is 5.75 Å². The molecule has 0 saturated heterocycles. The smallest absolute Gasteiger partial charge is 0.305 e. The van der Waals surface area contributed by atoms with Gasteiger partial charge in [0, 0.05) is 6.54 Å². The number of fused-ring (bicyclic) bond motifs is 1. The van der Waals surface area contributed by atoms with Gasteiger partial charge in [-0.1, -0.05) is 19.9 Å². The van der Waals surface area contributed by atoms with Crippen molar-refractivity contribution in [3.8, 4) is 5.75 Å². The SMILES string of the molecule is CC(C)c1ccc2c(c1)N(CCC(=O)O)C(=O)CO2. The Morgan fingerprint density at radius 2 is 2.21 bits per heavy atom. The molecule has 1 aromatic rings. The van der Waals surface area contributed by atoms with Gasteiger partial charge in [0.05, 0.1) is 12.1 Å². The highest BCUT2D eigenvalue weighted by Crippen LogP contribution is 2.34. The second-order valence-corrected chi connectivity index (χ2v) is 4.86. The first-order chi connectivity index (χ1) is 8.99. The Balaban J connectivity index is 2.32. The lowest BCUT2D eigenvalue weighted by molar-refractivity contribution is -0.136. The number of benzene rings is 1. The number of aliphatic carboxylic acids is 1. The van der Waals surface area contributed by atoms with E-state index in [1.807, 2.05) is 18.2 Å². The molecule has 0 spiro atoms. The van der Waals surface area contributed by atoms with E-state index in [-0.39, 0.29) is 25.5 Å². The minimum atomic E-state index is -0.916. The molecule has 0 saturated carbocycles. The summed E-state index contributed by atoms with van der Waals surface area (Å²) in [6.45, 7) is 4.27. The van der Waals surface area contributed by atoms with Crippen LogP contribution in [0.2, 0.25) is 0 Å². The van der Waals surface area contributed by atoms with Crippen LogP contribution in [0.15, 0.2) is 18.2 Å². The van der Waals surface area contributed by atoms with Crippen molar-refractivity contribution in [2.24, 2.45) is 0 Å². The molecule has 1 aliphatic heterocycles. The van der Waals surface area contributed by atoms with Crippen LogP contribution >= 0.6 is 0 Å². The van der Waals surface area contributed by atoms with E-state index >= 15 is 0 Å². The number of carbonyl (C=O) groups excluding carboxylic acids is 1. The second-order valence-electron chi connectivity index (χ2n) is 4.86. The van der Waals surface area contributed by atoms with Crippen molar-refractivity contribution in [1.82, 2.24) is 0 Å². The topological polar surface area (TPSA) is 66.8 Å². The molecule has 1 heterocycles. The Kier molecular flexibility index (Phi) is 3.74. The molecule has 0 aliphatic carbocycles. The summed E-state index contributed by atoms with van der Waals surface area (Å²) in [5, 5.41) is 8.75. The van der Waals surface area contributed by atoms with E-state index in [0.29, 0.717) is 17.4 Å². The van der Waals surface area contributed by atoms with E-state index in [1.165, 1.54) is 4.90 Å². The van der Waals surface area contributed by atoms with Gasteiger partial charge in [-0.3, -0.25) is 9.59 Å². The number of rotatable bonds is 4. The van der Waals surface area contributed by atoms with Gasteiger partial charge in [-0.05, 0) is 23.6 Å². The van der Waals surface area contributed by atoms with Crippen LogP contribution < -0.4 is 9.64 Å². The van der Waals surface area contributed by atoms with Crippen LogP contribution in [0.3, 0.4) is 0 Å². The number of ether oxygens (including phenoxy) is 1. The number of hydrogen-bond acceptors (Lipinski definition) is 3. The van der Waals surface area contributed by atoms with Gasteiger partial charge in [-0.25, -0.2) is 0 Å². The average molecular weight is 263 g/mol. The van der Waals surface area contributed by atoms with Crippen molar-refractivity contribution in [3.05, 3.63) is 23.8 Å². The maximum Gasteiger partial charge on any atom is 0.305 e. The quantitative estimate of drug-likeness (QED) is 0.902. The van der Waals surface area contributed by atoms with Crippen molar-refractivity contribution in [2.45, 2.75) is 26.2 Å². The van der Waals surface area contributed by atoms with Crippen LogP contribution in [-0.4, -0.2) is 30.1 Å². The number of amides is 1. The van der Waals surface area contributed by atoms with Gasteiger partial charge >= 0.3 is 5.97 Å². The maximum atomic E-state index is 11.9. The van der Waals surface area contributed by atoms with Gasteiger partial charge in [0.2, 0.25) is 0 Å². The molecule has 2 rings (SSSR count). The highest BCUT2D eigenvalue weighted by atomic mass is 16.5. The van der Waals surface area contributed by atoms with E-state index < -0.39 is 5.97 Å². The summed E-state index contributed by atoms with van der Waals surface area (Å²) in [5.41, 5.74) is 1.76. The molecule has 1 aliphatic rings. The largest absolute Gasteiger partial charge is 0.482 e. The van der Waals surface area contributed by atoms with Gasteiger partial charge in [-0.15, -0.1) is 0 Å². The summed E-state index contributed by atoms with van der Waals surface area (Å²) in [5.74, 6) is -0.145. The molecule has 0 atom stereocenters. The Hall–Kier alpha value is -2.04. The summed E-state index contributed by atoms with van der Waals surface area (Å²) in [4.78, 5) is 24.0. The zero-order valence-electron chi connectivity index (χ0n) is 11.0. The molecule has 0 unspecified atom stereocenters. The predicted molar refractivity (Wildman–Crippen MR) is 70.6 cm³/mol. The zero-order chi connectivity index (χ0) is 14.0. The van der Waals surface area contributed by atoms with E-state index in [4.69, 9.17) is 9.84 Å². The Bertz CT molecular complexity index is 510. The molecule has 0 aromatic heterocycles. The summed E-state index contributed by atoms with van der Waals surface area (Å²) in [6.07, 6.45) is -0.0723. The fraction of sp³-hybridized carbons (Fsp3) is 0.429. The van der Waals surface area contributed by atoms with Crippen molar-refractivity contribution in [3.63, 3.8) is 0 Å². The Morgan fingerprint density at radius 1 is 1.47 bits per heavy atom. The number of carboxylic acid groups (broad SMARTS) is 1. The molecule has 0 fully saturated rings. The highest BCUT2D eigenvalue weighted by Gasteiger charge is 2.26. The molecule has 5 nitrogen and oxygen atoms in total. The summed E-state index contributed by atoms with van der Waals surface area (Å²) in [7, 11) is 0. The fourth-order valence-corrected chi connectivity index (χ4v) is 2.03. The number of carbonyl (C=O) groups is 2. The fourth-order valence-electron chi connectivity index (χ4n) is 2.03. The van der Waals surface area contributed by atoms with Gasteiger partial charge in [0.25, 0.3) is 5.91 Å². The first-order valence-electron chi connectivity index (χ1n) is 6.28. The third kappa shape index (κ3) is 2.86. The summed E-state index contributed by atoms with van der Waals surface area (Å²) < 4.78 is 5.37. The highest BCUT2D eigenvalue weighted by molar-refractivity contribution is 5.98. The Labute approximate surface area is 111 Å². The number of carboxylic acids is 1. The molecular weight excluding hydrogens is 246 g/mol. The first-order valence-corrected chi connectivity index (χ1v) is 6.28. The van der Waals surface area contributed by atoms with Gasteiger partial charge < -0.3 is 14.7 Å². The van der Waals surface area contributed by atoms with Crippen molar-refractivity contribution in [2.75, 3.05) is 18.1 Å². The zero-order valence-corrected chi connectivity index (χ0v) is 11.0. The lowest BCUT2D eigenvalue weighted by atomic mass is 10.0. The molecule has 19 heavy (non-hydrogen) atoms. The van der Waals surface area contributed by atoms with Crippen LogP contribution in [0, 0.1) is 0 Å². The number of anilines is 1. The van der Waals surface area contributed by atoms with E-state index in [2.05, 4.69) is 13.8 Å². The van der Waals surface area contributed by atoms with E-state index in [0.717, 1.165) is 5.56 Å². The van der Waals surface area contributed by atoms with Crippen LogP contribution in [0.25, 0.3) is 0 Å². The predicted octanol–water partition coefficient (Wildman–Crippen LogP) is 2.01. The van der Waals surface area contributed by atoms with Crippen LogP contribution in [0.5, 0.6) is 5.75 Å². The first kappa shape index (κ1) is 13.4. The molecule has 102 valence electrons. The molecule has 1 amide bonds. The second kappa shape index (κ2) is 5.30. The van der Waals surface area contributed by atoms with Crippen LogP contribution in [-0.2, 0) is 9.59 Å². The minimum absolute atomic E-state index is 0.0341. The Morgan fingerprint density at radius 3 is 2.84 bits per heavy atom. The average Bonchev–Trinajstić information content (AvgIpc) is 2.36. The normalized spacial score (nSPS) is 14.3. The van der Waals surface area contributed by atoms with Crippen molar-refractivity contribution in [1.29, 1.82) is 0 Å². The molecule has 0 radical (unpaired) electrons. The standard InChI is InChI=1S/C14H17NO4/c1-9(2)10-3-4-12-11(7-10)15(6-5-14(17)18)13(16)8-19-12/h3-4,7,9H,5-6,8H2,1-2H3,(H,17,18).